The fourth-order valence-corrected chi connectivity index (χ4v) is 4.90. The third kappa shape index (κ3) is 4.36. The number of fused-ring (bicyclic) bond motifs is 1. The van der Waals surface area contributed by atoms with E-state index in [1.165, 1.54) is 37.2 Å². The van der Waals surface area contributed by atoms with Crippen molar-refractivity contribution in [3.8, 4) is 11.5 Å². The molecule has 2 aromatic carbocycles. The molecule has 1 atom stereocenters. The lowest BCUT2D eigenvalue weighted by Gasteiger charge is -2.44. The van der Waals surface area contributed by atoms with E-state index in [0.717, 1.165) is 44.2 Å². The van der Waals surface area contributed by atoms with Crippen molar-refractivity contribution >= 4 is 5.69 Å². The molecule has 154 valence electrons. The molecule has 0 spiro atoms. The molecule has 0 amide bonds. The summed E-state index contributed by atoms with van der Waals surface area (Å²) in [6.07, 6.45) is 2.61. The summed E-state index contributed by atoms with van der Waals surface area (Å²) in [6, 6.07) is 17.9. The summed E-state index contributed by atoms with van der Waals surface area (Å²) in [7, 11) is 0. The zero-order valence-corrected chi connectivity index (χ0v) is 17.1. The van der Waals surface area contributed by atoms with Crippen LogP contribution in [0.5, 0.6) is 11.5 Å². The highest BCUT2D eigenvalue weighted by Crippen LogP contribution is 2.31. The number of piperazine rings is 1. The van der Waals surface area contributed by atoms with E-state index in [1.807, 2.05) is 0 Å². The van der Waals surface area contributed by atoms with Gasteiger partial charge < -0.3 is 14.4 Å². The lowest BCUT2D eigenvalue weighted by Crippen LogP contribution is -2.55. The highest BCUT2D eigenvalue weighted by atomic mass is 16.6. The number of hydrogen-bond donors (Lipinski definition) is 0. The van der Waals surface area contributed by atoms with Crippen molar-refractivity contribution in [1.82, 2.24) is 9.80 Å². The number of likely N-dealkylation sites (tertiary alicyclic amines) is 1. The van der Waals surface area contributed by atoms with Crippen LogP contribution < -0.4 is 14.4 Å². The highest BCUT2D eigenvalue weighted by molar-refractivity contribution is 5.46. The van der Waals surface area contributed by atoms with Gasteiger partial charge >= 0.3 is 0 Å². The van der Waals surface area contributed by atoms with Crippen molar-refractivity contribution in [2.45, 2.75) is 25.4 Å². The van der Waals surface area contributed by atoms with Crippen molar-refractivity contribution in [1.29, 1.82) is 0 Å². The Bertz CT molecular complexity index is 805. The standard InChI is InChI=1S/C24H31N3O2/c1-2-5-21(6-3-1)26-11-13-27(14-12-26)22-7-4-10-25(19-22)18-20-8-9-23-24(17-20)29-16-15-28-23/h1-3,5-6,8-9,17,22H,4,7,10-16,18-19H2/t22-/m0/s1. The number of para-hydroxylation sites is 1. The molecule has 5 heteroatoms. The summed E-state index contributed by atoms with van der Waals surface area (Å²) in [6.45, 7) is 9.24. The van der Waals surface area contributed by atoms with Crippen LogP contribution in [0, 0.1) is 0 Å². The second-order valence-corrected chi connectivity index (χ2v) is 8.37. The van der Waals surface area contributed by atoms with Crippen LogP contribution in [0.4, 0.5) is 5.69 Å². The Hall–Kier alpha value is -2.24. The number of ether oxygens (including phenoxy) is 2. The predicted molar refractivity (Wildman–Crippen MR) is 116 cm³/mol. The van der Waals surface area contributed by atoms with E-state index in [-0.39, 0.29) is 0 Å². The number of rotatable bonds is 4. The molecule has 0 aliphatic carbocycles. The number of anilines is 1. The van der Waals surface area contributed by atoms with Crippen LogP contribution in [-0.4, -0.2) is 68.3 Å². The largest absolute Gasteiger partial charge is 0.486 e. The van der Waals surface area contributed by atoms with E-state index < -0.39 is 0 Å². The van der Waals surface area contributed by atoms with Gasteiger partial charge in [0.25, 0.3) is 0 Å². The van der Waals surface area contributed by atoms with Crippen LogP contribution in [0.3, 0.4) is 0 Å². The zero-order valence-electron chi connectivity index (χ0n) is 17.1. The zero-order chi connectivity index (χ0) is 19.5. The van der Waals surface area contributed by atoms with Gasteiger partial charge in [-0.3, -0.25) is 9.80 Å². The van der Waals surface area contributed by atoms with Crippen LogP contribution in [0.25, 0.3) is 0 Å². The molecule has 2 saturated heterocycles. The summed E-state index contributed by atoms with van der Waals surface area (Å²) in [5, 5.41) is 0. The fourth-order valence-electron chi connectivity index (χ4n) is 4.90. The molecule has 2 fully saturated rings. The van der Waals surface area contributed by atoms with Gasteiger partial charge in [-0.2, -0.15) is 0 Å². The average molecular weight is 394 g/mol. The van der Waals surface area contributed by atoms with Crippen LogP contribution in [0.1, 0.15) is 18.4 Å². The average Bonchev–Trinajstić information content (AvgIpc) is 2.80. The number of piperidine rings is 1. The molecule has 2 aromatic rings. The maximum atomic E-state index is 5.76. The van der Waals surface area contributed by atoms with Gasteiger partial charge in [0.05, 0.1) is 0 Å². The number of hydrogen-bond acceptors (Lipinski definition) is 5. The van der Waals surface area contributed by atoms with Gasteiger partial charge in [-0.25, -0.2) is 0 Å². The molecule has 5 nitrogen and oxygen atoms in total. The van der Waals surface area contributed by atoms with Crippen molar-refractivity contribution < 1.29 is 9.47 Å². The Labute approximate surface area is 173 Å². The molecule has 3 heterocycles. The van der Waals surface area contributed by atoms with E-state index in [0.29, 0.717) is 19.3 Å². The van der Waals surface area contributed by atoms with Crippen molar-refractivity contribution in [2.75, 3.05) is 57.4 Å². The smallest absolute Gasteiger partial charge is 0.161 e. The number of nitrogens with zero attached hydrogens (tertiary/aromatic N) is 3. The second-order valence-electron chi connectivity index (χ2n) is 8.37. The Morgan fingerprint density at radius 3 is 2.45 bits per heavy atom. The Morgan fingerprint density at radius 1 is 0.828 bits per heavy atom. The third-order valence-corrected chi connectivity index (χ3v) is 6.45. The van der Waals surface area contributed by atoms with Crippen LogP contribution in [0.15, 0.2) is 48.5 Å². The summed E-state index contributed by atoms with van der Waals surface area (Å²) < 4.78 is 11.4. The monoisotopic (exact) mass is 393 g/mol. The summed E-state index contributed by atoms with van der Waals surface area (Å²) in [5.41, 5.74) is 2.68. The highest BCUT2D eigenvalue weighted by Gasteiger charge is 2.28. The molecule has 0 unspecified atom stereocenters. The van der Waals surface area contributed by atoms with Gasteiger partial charge in [0.2, 0.25) is 0 Å². The minimum Gasteiger partial charge on any atom is -0.486 e. The molecule has 0 aromatic heterocycles. The first-order valence-electron chi connectivity index (χ1n) is 11.0. The fraction of sp³-hybridized carbons (Fsp3) is 0.500. The molecule has 0 radical (unpaired) electrons. The summed E-state index contributed by atoms with van der Waals surface area (Å²) in [4.78, 5) is 7.85. The first-order valence-corrected chi connectivity index (χ1v) is 11.0. The molecule has 0 N–H and O–H groups in total. The second kappa shape index (κ2) is 8.64. The maximum absolute atomic E-state index is 5.76. The van der Waals surface area contributed by atoms with Crippen LogP contribution in [0.2, 0.25) is 0 Å². The minimum absolute atomic E-state index is 0.650. The van der Waals surface area contributed by atoms with Crippen molar-refractivity contribution in [3.63, 3.8) is 0 Å². The lowest BCUT2D eigenvalue weighted by atomic mass is 10.0. The summed E-state index contributed by atoms with van der Waals surface area (Å²) in [5.74, 6) is 1.78. The SMILES string of the molecule is c1ccc(N2CCN([C@H]3CCCN(Cc4ccc5c(c4)OCCO5)C3)CC2)cc1. The normalized spacial score (nSPS) is 23.2. The van der Waals surface area contributed by atoms with Gasteiger partial charge in [0, 0.05) is 51.0 Å². The van der Waals surface area contributed by atoms with Gasteiger partial charge in [-0.1, -0.05) is 24.3 Å². The lowest BCUT2D eigenvalue weighted by molar-refractivity contribution is 0.0886. The van der Waals surface area contributed by atoms with E-state index >= 15 is 0 Å². The van der Waals surface area contributed by atoms with Crippen LogP contribution in [-0.2, 0) is 6.54 Å². The molecule has 0 bridgehead atoms. The first-order chi connectivity index (χ1) is 14.3. The van der Waals surface area contributed by atoms with E-state index in [9.17, 15) is 0 Å². The van der Waals surface area contributed by atoms with Gasteiger partial charge in [0.15, 0.2) is 11.5 Å². The topological polar surface area (TPSA) is 28.2 Å². The summed E-state index contributed by atoms with van der Waals surface area (Å²) >= 11 is 0. The molecular formula is C24H31N3O2. The Kier molecular flexibility index (Phi) is 5.59. The van der Waals surface area contributed by atoms with E-state index in [2.05, 4.69) is 63.2 Å². The molecular weight excluding hydrogens is 362 g/mol. The van der Waals surface area contributed by atoms with Gasteiger partial charge in [-0.05, 0) is 49.2 Å². The predicted octanol–water partition coefficient (Wildman–Crippen LogP) is 3.24. The van der Waals surface area contributed by atoms with Crippen LogP contribution >= 0.6 is 0 Å². The molecule has 29 heavy (non-hydrogen) atoms. The first kappa shape index (κ1) is 18.8. The van der Waals surface area contributed by atoms with Crippen molar-refractivity contribution in [3.05, 3.63) is 54.1 Å². The molecule has 3 aliphatic heterocycles. The molecule has 5 rings (SSSR count). The maximum Gasteiger partial charge on any atom is 0.161 e. The molecule has 3 aliphatic rings. The molecule has 0 saturated carbocycles. The number of benzene rings is 2. The Morgan fingerprint density at radius 2 is 1.62 bits per heavy atom. The Balaban J connectivity index is 1.16. The van der Waals surface area contributed by atoms with Crippen molar-refractivity contribution in [2.24, 2.45) is 0 Å². The van der Waals surface area contributed by atoms with Gasteiger partial charge in [-0.15, -0.1) is 0 Å². The van der Waals surface area contributed by atoms with Gasteiger partial charge in [0.1, 0.15) is 13.2 Å². The van der Waals surface area contributed by atoms with E-state index in [1.54, 1.807) is 0 Å². The quantitative estimate of drug-likeness (QED) is 0.795. The third-order valence-electron chi connectivity index (χ3n) is 6.45. The van der Waals surface area contributed by atoms with E-state index in [4.69, 9.17) is 9.47 Å². The minimum atomic E-state index is 0.650.